The number of aliphatic carboxylic acids is 1. The van der Waals surface area contributed by atoms with Gasteiger partial charge in [0.2, 0.25) is 0 Å². The number of carbonyl (C=O) groups excluding carboxylic acids is 1. The number of benzene rings is 1. The molecule has 1 unspecified atom stereocenters. The van der Waals surface area contributed by atoms with Crippen LogP contribution in [0.15, 0.2) is 24.3 Å². The second kappa shape index (κ2) is 7.78. The lowest BCUT2D eigenvalue weighted by atomic mass is 9.79. The van der Waals surface area contributed by atoms with Crippen molar-refractivity contribution in [3.63, 3.8) is 0 Å². The number of carbonyl (C=O) groups is 2. The fourth-order valence-corrected chi connectivity index (χ4v) is 3.27. The summed E-state index contributed by atoms with van der Waals surface area (Å²) in [5.41, 5.74) is -1.36. The molecule has 1 heterocycles. The molecule has 1 saturated heterocycles. The lowest BCUT2D eigenvalue weighted by Gasteiger charge is -2.35. The number of likely N-dealkylation sites (tertiary alicyclic amines) is 1. The summed E-state index contributed by atoms with van der Waals surface area (Å²) >= 11 is 0. The van der Waals surface area contributed by atoms with E-state index in [1.807, 2.05) is 0 Å². The molecule has 150 valence electrons. The van der Waals surface area contributed by atoms with E-state index >= 15 is 0 Å². The first-order valence-corrected chi connectivity index (χ1v) is 8.76. The number of carboxylic acids is 1. The summed E-state index contributed by atoms with van der Waals surface area (Å²) < 4.78 is 44.1. The summed E-state index contributed by atoms with van der Waals surface area (Å²) in [7, 11) is 0. The monoisotopic (exact) mass is 387 g/mol. The van der Waals surface area contributed by atoms with E-state index in [0.29, 0.717) is 25.9 Å². The van der Waals surface area contributed by atoms with E-state index in [1.165, 1.54) is 17.0 Å². The Hall–Kier alpha value is -2.25. The number of halogens is 3. The Morgan fingerprint density at radius 2 is 1.78 bits per heavy atom. The Morgan fingerprint density at radius 3 is 2.26 bits per heavy atom. The van der Waals surface area contributed by atoms with Crippen LogP contribution < -0.4 is 0 Å². The molecule has 1 N–H and O–H groups in total. The van der Waals surface area contributed by atoms with Crippen molar-refractivity contribution in [2.45, 2.75) is 51.3 Å². The van der Waals surface area contributed by atoms with Crippen LogP contribution in [0.4, 0.5) is 18.0 Å². The van der Waals surface area contributed by atoms with Gasteiger partial charge >= 0.3 is 18.2 Å². The summed E-state index contributed by atoms with van der Waals surface area (Å²) in [5, 5.41) is 9.61. The second-order valence-corrected chi connectivity index (χ2v) is 7.74. The highest BCUT2D eigenvalue weighted by molar-refractivity contribution is 5.76. The molecule has 1 aromatic carbocycles. The van der Waals surface area contributed by atoms with Gasteiger partial charge in [-0.3, -0.25) is 4.79 Å². The predicted molar refractivity (Wildman–Crippen MR) is 92.4 cm³/mol. The molecular formula is C19H24F3NO4. The molecule has 1 aromatic rings. The predicted octanol–water partition coefficient (Wildman–Crippen LogP) is 4.52. The average Bonchev–Trinajstić information content (AvgIpc) is 2.53. The van der Waals surface area contributed by atoms with E-state index in [-0.39, 0.29) is 11.5 Å². The largest absolute Gasteiger partial charge is 0.481 e. The van der Waals surface area contributed by atoms with Gasteiger partial charge in [-0.2, -0.15) is 13.2 Å². The van der Waals surface area contributed by atoms with Gasteiger partial charge in [-0.25, -0.2) is 4.79 Å². The van der Waals surface area contributed by atoms with Crippen molar-refractivity contribution in [2.24, 2.45) is 5.92 Å². The molecule has 0 radical (unpaired) electrons. The van der Waals surface area contributed by atoms with Crippen LogP contribution in [0.2, 0.25) is 0 Å². The summed E-state index contributed by atoms with van der Waals surface area (Å²) in [6.45, 7) is 5.88. The standard InChI is InChI=1S/C19H24F3NO4/c1-18(2,3)27-17(26)23-9-7-12(8-10-23)15(16(24)25)13-5-4-6-14(11-13)19(20,21)22/h4-6,11-12,15H,7-10H2,1-3H3,(H,24,25). The number of ether oxygens (including phenoxy) is 1. The van der Waals surface area contributed by atoms with E-state index in [2.05, 4.69) is 0 Å². The smallest absolute Gasteiger partial charge is 0.416 e. The number of hydrogen-bond acceptors (Lipinski definition) is 3. The minimum Gasteiger partial charge on any atom is -0.481 e. The van der Waals surface area contributed by atoms with Gasteiger partial charge in [-0.15, -0.1) is 0 Å². The van der Waals surface area contributed by atoms with Crippen LogP contribution in [-0.2, 0) is 15.7 Å². The molecule has 1 aliphatic rings. The van der Waals surface area contributed by atoms with Crippen molar-refractivity contribution in [1.29, 1.82) is 0 Å². The zero-order chi connectivity index (χ0) is 20.4. The fourth-order valence-electron chi connectivity index (χ4n) is 3.27. The third kappa shape index (κ3) is 5.61. The highest BCUT2D eigenvalue weighted by atomic mass is 19.4. The van der Waals surface area contributed by atoms with Crippen LogP contribution in [0.5, 0.6) is 0 Å². The summed E-state index contributed by atoms with van der Waals surface area (Å²) in [4.78, 5) is 25.4. The van der Waals surface area contributed by atoms with Crippen LogP contribution in [0, 0.1) is 5.92 Å². The lowest BCUT2D eigenvalue weighted by Crippen LogP contribution is -2.43. The minimum atomic E-state index is -4.53. The van der Waals surface area contributed by atoms with Crippen molar-refractivity contribution in [2.75, 3.05) is 13.1 Å². The van der Waals surface area contributed by atoms with Gasteiger partial charge < -0.3 is 14.7 Å². The molecule has 0 bridgehead atoms. The quantitative estimate of drug-likeness (QED) is 0.828. The molecule has 1 amide bonds. The van der Waals surface area contributed by atoms with E-state index < -0.39 is 35.3 Å². The van der Waals surface area contributed by atoms with Crippen LogP contribution >= 0.6 is 0 Å². The Bertz CT molecular complexity index is 689. The molecule has 27 heavy (non-hydrogen) atoms. The molecule has 1 fully saturated rings. The maximum absolute atomic E-state index is 12.9. The maximum Gasteiger partial charge on any atom is 0.416 e. The zero-order valence-corrected chi connectivity index (χ0v) is 15.5. The van der Waals surface area contributed by atoms with Crippen molar-refractivity contribution in [1.82, 2.24) is 4.90 Å². The van der Waals surface area contributed by atoms with Gasteiger partial charge in [0.25, 0.3) is 0 Å². The van der Waals surface area contributed by atoms with Gasteiger partial charge in [-0.1, -0.05) is 18.2 Å². The second-order valence-electron chi connectivity index (χ2n) is 7.74. The molecule has 0 saturated carbocycles. The van der Waals surface area contributed by atoms with Crippen LogP contribution in [0.25, 0.3) is 0 Å². The van der Waals surface area contributed by atoms with Gasteiger partial charge in [0.1, 0.15) is 5.60 Å². The van der Waals surface area contributed by atoms with Gasteiger partial charge in [-0.05, 0) is 51.2 Å². The van der Waals surface area contributed by atoms with Crippen molar-refractivity contribution >= 4 is 12.1 Å². The van der Waals surface area contributed by atoms with Crippen LogP contribution in [0.3, 0.4) is 0 Å². The average molecular weight is 387 g/mol. The highest BCUT2D eigenvalue weighted by Crippen LogP contribution is 2.36. The van der Waals surface area contributed by atoms with Crippen LogP contribution in [-0.4, -0.2) is 40.8 Å². The van der Waals surface area contributed by atoms with E-state index in [9.17, 15) is 27.9 Å². The summed E-state index contributed by atoms with van der Waals surface area (Å²) in [5.74, 6) is -2.57. The topological polar surface area (TPSA) is 66.8 Å². The molecule has 0 aromatic heterocycles. The summed E-state index contributed by atoms with van der Waals surface area (Å²) in [6, 6.07) is 4.46. The number of rotatable bonds is 3. The van der Waals surface area contributed by atoms with Crippen molar-refractivity contribution < 1.29 is 32.6 Å². The number of nitrogens with zero attached hydrogens (tertiary/aromatic N) is 1. The molecular weight excluding hydrogens is 363 g/mol. The third-order valence-corrected chi connectivity index (χ3v) is 4.50. The molecule has 1 aliphatic heterocycles. The summed E-state index contributed by atoms with van der Waals surface area (Å²) in [6.07, 6.45) is -4.23. The number of amides is 1. The van der Waals surface area contributed by atoms with E-state index in [4.69, 9.17) is 4.74 Å². The third-order valence-electron chi connectivity index (χ3n) is 4.50. The molecule has 2 rings (SSSR count). The van der Waals surface area contributed by atoms with Gasteiger partial charge in [0, 0.05) is 13.1 Å². The van der Waals surface area contributed by atoms with E-state index in [0.717, 1.165) is 12.1 Å². The number of piperidine rings is 1. The highest BCUT2D eigenvalue weighted by Gasteiger charge is 2.37. The normalized spacial score (nSPS) is 17.5. The SMILES string of the molecule is CC(C)(C)OC(=O)N1CCC(C(C(=O)O)c2cccc(C(F)(F)F)c2)CC1. The number of hydrogen-bond donors (Lipinski definition) is 1. The zero-order valence-electron chi connectivity index (χ0n) is 15.5. The van der Waals surface area contributed by atoms with Crippen molar-refractivity contribution in [3.05, 3.63) is 35.4 Å². The maximum atomic E-state index is 12.9. The van der Waals surface area contributed by atoms with Crippen molar-refractivity contribution in [3.8, 4) is 0 Å². The first-order valence-electron chi connectivity index (χ1n) is 8.76. The number of alkyl halides is 3. The Morgan fingerprint density at radius 1 is 1.19 bits per heavy atom. The number of carboxylic acid groups (broad SMARTS) is 1. The first-order chi connectivity index (χ1) is 12.4. The van der Waals surface area contributed by atoms with E-state index in [1.54, 1.807) is 20.8 Å². The lowest BCUT2D eigenvalue weighted by molar-refractivity contribution is -0.141. The molecule has 0 spiro atoms. The molecule has 0 aliphatic carbocycles. The Balaban J connectivity index is 2.12. The van der Waals surface area contributed by atoms with Gasteiger partial charge in [0.15, 0.2) is 0 Å². The molecule has 8 heteroatoms. The Labute approximate surface area is 156 Å². The first kappa shape index (κ1) is 21.1. The molecule has 1 atom stereocenters. The fraction of sp³-hybridized carbons (Fsp3) is 0.579. The molecule has 5 nitrogen and oxygen atoms in total. The Kier molecular flexibility index (Phi) is 6.07. The minimum absolute atomic E-state index is 0.132. The van der Waals surface area contributed by atoms with Gasteiger partial charge in [0.05, 0.1) is 11.5 Å². The van der Waals surface area contributed by atoms with Crippen LogP contribution in [0.1, 0.15) is 50.7 Å².